The van der Waals surface area contributed by atoms with Crippen LogP contribution in [-0.4, -0.2) is 15.0 Å². The van der Waals surface area contributed by atoms with Crippen LogP contribution in [0.5, 0.6) is 0 Å². The lowest BCUT2D eigenvalue weighted by atomic mass is 10.2. The van der Waals surface area contributed by atoms with E-state index >= 15 is 0 Å². The molecule has 5 heteroatoms. The maximum atomic E-state index is 13.5. The lowest BCUT2D eigenvalue weighted by molar-refractivity contribution is 0.624. The standard InChI is InChI=1S/C12H10FN3O/c13-9-6-14-4-3-8(9)10-5-11(17)16-12(15-10)7-1-2-7/h3-7H,1-2H2,(H,15,16,17). The molecule has 2 aromatic heterocycles. The summed E-state index contributed by atoms with van der Waals surface area (Å²) in [7, 11) is 0. The molecule has 17 heavy (non-hydrogen) atoms. The van der Waals surface area contributed by atoms with E-state index in [2.05, 4.69) is 15.0 Å². The predicted molar refractivity (Wildman–Crippen MR) is 60.0 cm³/mol. The Morgan fingerprint density at radius 3 is 2.94 bits per heavy atom. The molecule has 0 unspecified atom stereocenters. The van der Waals surface area contributed by atoms with Crippen LogP contribution >= 0.6 is 0 Å². The number of H-pyrrole nitrogens is 1. The molecule has 3 rings (SSSR count). The Morgan fingerprint density at radius 2 is 2.24 bits per heavy atom. The van der Waals surface area contributed by atoms with Crippen LogP contribution in [0.1, 0.15) is 24.6 Å². The highest BCUT2D eigenvalue weighted by atomic mass is 19.1. The molecule has 0 aromatic carbocycles. The topological polar surface area (TPSA) is 58.6 Å². The summed E-state index contributed by atoms with van der Waals surface area (Å²) in [6.45, 7) is 0. The summed E-state index contributed by atoms with van der Waals surface area (Å²) in [5.74, 6) is 0.517. The Hall–Kier alpha value is -2.04. The molecule has 1 aliphatic rings. The largest absolute Gasteiger partial charge is 0.310 e. The van der Waals surface area contributed by atoms with Crippen LogP contribution in [0.25, 0.3) is 11.3 Å². The summed E-state index contributed by atoms with van der Waals surface area (Å²) in [4.78, 5) is 22.2. The fraction of sp³-hybridized carbons (Fsp3) is 0.250. The number of nitrogens with zero attached hydrogens (tertiary/aromatic N) is 2. The molecule has 1 N–H and O–H groups in total. The van der Waals surface area contributed by atoms with Gasteiger partial charge < -0.3 is 4.98 Å². The first-order chi connectivity index (χ1) is 8.24. The van der Waals surface area contributed by atoms with Gasteiger partial charge in [0.1, 0.15) is 5.82 Å². The minimum atomic E-state index is -0.465. The third-order valence-electron chi connectivity index (χ3n) is 2.77. The second kappa shape index (κ2) is 3.76. The highest BCUT2D eigenvalue weighted by molar-refractivity contribution is 5.58. The molecule has 0 radical (unpaired) electrons. The van der Waals surface area contributed by atoms with E-state index in [-0.39, 0.29) is 5.56 Å². The van der Waals surface area contributed by atoms with Crippen LogP contribution in [0.15, 0.2) is 29.3 Å². The summed E-state index contributed by atoms with van der Waals surface area (Å²) >= 11 is 0. The van der Waals surface area contributed by atoms with Crippen LogP contribution in [0.4, 0.5) is 4.39 Å². The minimum absolute atomic E-state index is 0.242. The van der Waals surface area contributed by atoms with Crippen molar-refractivity contribution >= 4 is 0 Å². The van der Waals surface area contributed by atoms with Gasteiger partial charge in [-0.3, -0.25) is 9.78 Å². The number of aromatic amines is 1. The lowest BCUT2D eigenvalue weighted by Gasteiger charge is -2.03. The Bertz CT molecular complexity index is 619. The SMILES string of the molecule is O=c1cc(-c2ccncc2F)nc(C2CC2)[nH]1. The smallest absolute Gasteiger partial charge is 0.251 e. The molecule has 1 saturated carbocycles. The Morgan fingerprint density at radius 1 is 1.41 bits per heavy atom. The van der Waals surface area contributed by atoms with Gasteiger partial charge >= 0.3 is 0 Å². The monoisotopic (exact) mass is 231 g/mol. The van der Waals surface area contributed by atoms with E-state index in [0.29, 0.717) is 23.0 Å². The number of hydrogen-bond donors (Lipinski definition) is 1. The second-order valence-corrected chi connectivity index (χ2v) is 4.15. The van der Waals surface area contributed by atoms with Gasteiger partial charge in [-0.25, -0.2) is 9.37 Å². The summed E-state index contributed by atoms with van der Waals surface area (Å²) in [6, 6.07) is 2.83. The Kier molecular flexibility index (Phi) is 2.24. The zero-order valence-corrected chi connectivity index (χ0v) is 8.98. The molecular formula is C12H10FN3O. The van der Waals surface area contributed by atoms with E-state index in [4.69, 9.17) is 0 Å². The summed E-state index contributed by atoms with van der Waals surface area (Å²) in [5.41, 5.74) is 0.441. The van der Waals surface area contributed by atoms with Crippen molar-refractivity contribution in [2.75, 3.05) is 0 Å². The van der Waals surface area contributed by atoms with E-state index in [9.17, 15) is 9.18 Å². The number of hydrogen-bond acceptors (Lipinski definition) is 3. The predicted octanol–water partition coefficient (Wildman–Crippen LogP) is 1.85. The molecule has 0 bridgehead atoms. The minimum Gasteiger partial charge on any atom is -0.310 e. The summed E-state index contributed by atoms with van der Waals surface area (Å²) in [5, 5.41) is 0. The number of halogens is 1. The summed E-state index contributed by atoms with van der Waals surface area (Å²) < 4.78 is 13.5. The van der Waals surface area contributed by atoms with Crippen LogP contribution in [0.3, 0.4) is 0 Å². The number of aromatic nitrogens is 3. The van der Waals surface area contributed by atoms with Crippen molar-refractivity contribution in [3.63, 3.8) is 0 Å². The van der Waals surface area contributed by atoms with E-state index in [1.165, 1.54) is 18.3 Å². The molecule has 1 fully saturated rings. The zero-order chi connectivity index (χ0) is 11.8. The third-order valence-corrected chi connectivity index (χ3v) is 2.77. The van der Waals surface area contributed by atoms with E-state index in [1.807, 2.05) is 0 Å². The normalized spacial score (nSPS) is 14.9. The first kappa shape index (κ1) is 10.1. The maximum absolute atomic E-state index is 13.5. The molecule has 2 heterocycles. The molecule has 0 spiro atoms. The van der Waals surface area contributed by atoms with Gasteiger partial charge in [0.2, 0.25) is 0 Å². The van der Waals surface area contributed by atoms with Crippen molar-refractivity contribution in [3.05, 3.63) is 46.5 Å². The first-order valence-corrected chi connectivity index (χ1v) is 5.45. The highest BCUT2D eigenvalue weighted by Crippen LogP contribution is 2.38. The average molecular weight is 231 g/mol. The number of pyridine rings is 1. The molecule has 0 saturated heterocycles. The van der Waals surface area contributed by atoms with Crippen LogP contribution < -0.4 is 5.56 Å². The highest BCUT2D eigenvalue weighted by Gasteiger charge is 2.26. The van der Waals surface area contributed by atoms with Crippen LogP contribution in [-0.2, 0) is 0 Å². The Labute approximate surface area is 96.6 Å². The van der Waals surface area contributed by atoms with Crippen LogP contribution in [0.2, 0.25) is 0 Å². The molecular weight excluding hydrogens is 221 g/mol. The molecule has 2 aromatic rings. The first-order valence-electron chi connectivity index (χ1n) is 5.45. The van der Waals surface area contributed by atoms with Crippen molar-refractivity contribution < 1.29 is 4.39 Å². The van der Waals surface area contributed by atoms with Gasteiger partial charge in [-0.1, -0.05) is 0 Å². The van der Waals surface area contributed by atoms with Crippen molar-refractivity contribution in [1.29, 1.82) is 0 Å². The fourth-order valence-electron chi connectivity index (χ4n) is 1.75. The molecule has 0 aliphatic heterocycles. The maximum Gasteiger partial charge on any atom is 0.251 e. The van der Waals surface area contributed by atoms with E-state index in [0.717, 1.165) is 19.0 Å². The van der Waals surface area contributed by atoms with Crippen LogP contribution in [0, 0.1) is 5.82 Å². The van der Waals surface area contributed by atoms with Crippen molar-refractivity contribution in [2.45, 2.75) is 18.8 Å². The summed E-state index contributed by atoms with van der Waals surface area (Å²) in [6.07, 6.45) is 4.67. The molecule has 0 amide bonds. The number of rotatable bonds is 2. The van der Waals surface area contributed by atoms with E-state index in [1.54, 1.807) is 0 Å². The second-order valence-electron chi connectivity index (χ2n) is 4.15. The lowest BCUT2D eigenvalue weighted by Crippen LogP contribution is -2.10. The molecule has 86 valence electrons. The fourth-order valence-corrected chi connectivity index (χ4v) is 1.75. The third kappa shape index (κ3) is 1.95. The number of nitrogens with one attached hydrogen (secondary N) is 1. The quantitative estimate of drug-likeness (QED) is 0.858. The van der Waals surface area contributed by atoms with Gasteiger partial charge in [-0.05, 0) is 18.9 Å². The van der Waals surface area contributed by atoms with Gasteiger partial charge in [0.05, 0.1) is 11.9 Å². The molecule has 0 atom stereocenters. The van der Waals surface area contributed by atoms with Gasteiger partial charge in [0, 0.05) is 23.7 Å². The van der Waals surface area contributed by atoms with Gasteiger partial charge in [0.15, 0.2) is 5.82 Å². The van der Waals surface area contributed by atoms with Gasteiger partial charge in [-0.2, -0.15) is 0 Å². The van der Waals surface area contributed by atoms with E-state index < -0.39 is 5.82 Å². The van der Waals surface area contributed by atoms with Crippen molar-refractivity contribution in [1.82, 2.24) is 15.0 Å². The molecule has 1 aliphatic carbocycles. The average Bonchev–Trinajstić information content (AvgIpc) is 3.12. The Balaban J connectivity index is 2.14. The van der Waals surface area contributed by atoms with Crippen molar-refractivity contribution in [3.8, 4) is 11.3 Å². The van der Waals surface area contributed by atoms with Gasteiger partial charge in [0.25, 0.3) is 5.56 Å². The van der Waals surface area contributed by atoms with Crippen molar-refractivity contribution in [2.24, 2.45) is 0 Å². The molecule has 4 nitrogen and oxygen atoms in total. The van der Waals surface area contributed by atoms with Gasteiger partial charge in [-0.15, -0.1) is 0 Å². The zero-order valence-electron chi connectivity index (χ0n) is 8.98.